The molecule has 0 aliphatic rings. The van der Waals surface area contributed by atoms with Crippen LogP contribution in [0.4, 0.5) is 0 Å². The normalized spacial score (nSPS) is 12.1. The first-order valence-corrected chi connectivity index (χ1v) is 6.30. The number of aryl methyl sites for hydroxylation is 1. The molecule has 1 heterocycles. The fraction of sp³-hybridized carbons (Fsp3) is 0.250. The van der Waals surface area contributed by atoms with Crippen LogP contribution in [0.2, 0.25) is 0 Å². The van der Waals surface area contributed by atoms with E-state index >= 15 is 0 Å². The van der Waals surface area contributed by atoms with Crippen LogP contribution in [0.1, 0.15) is 22.2 Å². The van der Waals surface area contributed by atoms with Gasteiger partial charge in [-0.15, -0.1) is 21.5 Å². The van der Waals surface area contributed by atoms with Crippen molar-refractivity contribution in [3.05, 3.63) is 62.1 Å². The van der Waals surface area contributed by atoms with Crippen LogP contribution in [-0.4, -0.2) is 10.1 Å². The SMILES string of the molecule is Cc1ncsc1C(Cc1ccccc1)O[N+](=O)[O-]. The molecule has 0 aliphatic carbocycles. The zero-order chi connectivity index (χ0) is 13.0. The molecule has 94 valence electrons. The van der Waals surface area contributed by atoms with E-state index in [0.717, 1.165) is 16.1 Å². The van der Waals surface area contributed by atoms with Crippen molar-refractivity contribution in [1.29, 1.82) is 0 Å². The first-order chi connectivity index (χ1) is 8.66. The van der Waals surface area contributed by atoms with Gasteiger partial charge in [-0.25, -0.2) is 4.98 Å². The summed E-state index contributed by atoms with van der Waals surface area (Å²) in [5, 5.41) is 9.83. The van der Waals surface area contributed by atoms with E-state index in [0.29, 0.717) is 6.42 Å². The monoisotopic (exact) mass is 264 g/mol. The van der Waals surface area contributed by atoms with Gasteiger partial charge in [0.15, 0.2) is 0 Å². The van der Waals surface area contributed by atoms with Gasteiger partial charge >= 0.3 is 0 Å². The van der Waals surface area contributed by atoms with Crippen LogP contribution in [0.15, 0.2) is 35.8 Å². The molecule has 1 aromatic heterocycles. The third kappa shape index (κ3) is 3.04. The summed E-state index contributed by atoms with van der Waals surface area (Å²) in [6.07, 6.45) is -0.125. The predicted molar refractivity (Wildman–Crippen MR) is 67.8 cm³/mol. The zero-order valence-electron chi connectivity index (χ0n) is 9.78. The average molecular weight is 264 g/mol. The Kier molecular flexibility index (Phi) is 3.88. The molecule has 5 nitrogen and oxygen atoms in total. The van der Waals surface area contributed by atoms with E-state index in [1.165, 1.54) is 11.3 Å². The van der Waals surface area contributed by atoms with E-state index in [1.54, 1.807) is 5.51 Å². The van der Waals surface area contributed by atoms with Gasteiger partial charge in [0.1, 0.15) is 6.10 Å². The highest BCUT2D eigenvalue weighted by molar-refractivity contribution is 7.09. The lowest BCUT2D eigenvalue weighted by atomic mass is 10.1. The summed E-state index contributed by atoms with van der Waals surface area (Å²) in [4.78, 5) is 20.2. The fourth-order valence-corrected chi connectivity index (χ4v) is 2.56. The minimum atomic E-state index is -0.743. The molecule has 0 fully saturated rings. The third-order valence-electron chi connectivity index (χ3n) is 2.55. The molecule has 0 saturated heterocycles. The van der Waals surface area contributed by atoms with Crippen LogP contribution in [-0.2, 0) is 11.3 Å². The second-order valence-corrected chi connectivity index (χ2v) is 4.70. The minimum Gasteiger partial charge on any atom is -0.305 e. The Labute approximate surface area is 108 Å². The maximum atomic E-state index is 10.6. The number of hydrogen-bond donors (Lipinski definition) is 0. The Morgan fingerprint density at radius 1 is 1.44 bits per heavy atom. The molecule has 18 heavy (non-hydrogen) atoms. The van der Waals surface area contributed by atoms with E-state index in [4.69, 9.17) is 4.84 Å². The molecule has 2 rings (SSSR count). The Balaban J connectivity index is 2.21. The van der Waals surface area contributed by atoms with Gasteiger partial charge in [0, 0.05) is 6.42 Å². The maximum absolute atomic E-state index is 10.6. The first-order valence-electron chi connectivity index (χ1n) is 5.42. The van der Waals surface area contributed by atoms with E-state index in [1.807, 2.05) is 37.3 Å². The van der Waals surface area contributed by atoms with Crippen molar-refractivity contribution in [3.8, 4) is 0 Å². The van der Waals surface area contributed by atoms with Crippen molar-refractivity contribution >= 4 is 11.3 Å². The smallest absolute Gasteiger partial charge is 0.295 e. The van der Waals surface area contributed by atoms with Gasteiger partial charge in [-0.1, -0.05) is 30.3 Å². The molecule has 1 atom stereocenters. The highest BCUT2D eigenvalue weighted by Gasteiger charge is 2.20. The highest BCUT2D eigenvalue weighted by Crippen LogP contribution is 2.28. The van der Waals surface area contributed by atoms with E-state index in [9.17, 15) is 10.1 Å². The van der Waals surface area contributed by atoms with Crippen molar-refractivity contribution in [2.45, 2.75) is 19.4 Å². The molecule has 0 bridgehead atoms. The summed E-state index contributed by atoms with van der Waals surface area (Å²) in [6.45, 7) is 1.83. The summed E-state index contributed by atoms with van der Waals surface area (Å²) in [6, 6.07) is 9.56. The molecular formula is C12H12N2O3S. The molecule has 0 spiro atoms. The molecule has 2 aromatic rings. The number of aromatic nitrogens is 1. The van der Waals surface area contributed by atoms with Crippen molar-refractivity contribution in [3.63, 3.8) is 0 Å². The van der Waals surface area contributed by atoms with Crippen LogP contribution in [0, 0.1) is 17.0 Å². The summed E-state index contributed by atoms with van der Waals surface area (Å²) in [5.74, 6) is 0. The second kappa shape index (κ2) is 5.59. The predicted octanol–water partition coefficient (Wildman–Crippen LogP) is 2.94. The number of hydrogen-bond acceptors (Lipinski definition) is 5. The van der Waals surface area contributed by atoms with Crippen LogP contribution in [0.5, 0.6) is 0 Å². The standard InChI is InChI=1S/C12H12N2O3S/c1-9-12(18-8-13-9)11(17-14(15)16)7-10-5-3-2-4-6-10/h2-6,8,11H,7H2,1H3. The Hall–Kier alpha value is -1.95. The van der Waals surface area contributed by atoms with E-state index in [-0.39, 0.29) is 0 Å². The molecule has 0 saturated carbocycles. The third-order valence-corrected chi connectivity index (χ3v) is 3.58. The molecular weight excluding hydrogens is 252 g/mol. The van der Waals surface area contributed by atoms with Gasteiger partial charge in [-0.2, -0.15) is 0 Å². The molecule has 1 aromatic carbocycles. The van der Waals surface area contributed by atoms with Gasteiger partial charge in [0.2, 0.25) is 0 Å². The number of benzene rings is 1. The Morgan fingerprint density at radius 3 is 2.72 bits per heavy atom. The molecule has 6 heteroatoms. The lowest BCUT2D eigenvalue weighted by Crippen LogP contribution is -2.12. The van der Waals surface area contributed by atoms with Crippen molar-refractivity contribution in [1.82, 2.24) is 4.98 Å². The van der Waals surface area contributed by atoms with Gasteiger partial charge < -0.3 is 4.84 Å². The Bertz CT molecular complexity index is 527. The topological polar surface area (TPSA) is 65.3 Å². The van der Waals surface area contributed by atoms with E-state index in [2.05, 4.69) is 4.98 Å². The van der Waals surface area contributed by atoms with Crippen LogP contribution in [0.25, 0.3) is 0 Å². The molecule has 1 unspecified atom stereocenters. The van der Waals surface area contributed by atoms with Crippen LogP contribution in [0.3, 0.4) is 0 Å². The Morgan fingerprint density at radius 2 is 2.17 bits per heavy atom. The maximum Gasteiger partial charge on any atom is 0.295 e. The van der Waals surface area contributed by atoms with Gasteiger partial charge in [-0.05, 0) is 12.5 Å². The molecule has 0 aliphatic heterocycles. The summed E-state index contributed by atoms with van der Waals surface area (Å²) >= 11 is 1.38. The van der Waals surface area contributed by atoms with Gasteiger partial charge in [0.25, 0.3) is 5.09 Å². The van der Waals surface area contributed by atoms with Gasteiger partial charge in [0.05, 0.1) is 16.1 Å². The number of rotatable bonds is 5. The molecule has 0 N–H and O–H groups in total. The summed E-state index contributed by atoms with van der Waals surface area (Å²) in [5.41, 5.74) is 3.45. The number of nitrogens with zero attached hydrogens (tertiary/aromatic N) is 2. The highest BCUT2D eigenvalue weighted by atomic mass is 32.1. The quantitative estimate of drug-likeness (QED) is 0.615. The number of thiazole rings is 1. The zero-order valence-corrected chi connectivity index (χ0v) is 10.6. The summed E-state index contributed by atoms with van der Waals surface area (Å²) < 4.78 is 0. The largest absolute Gasteiger partial charge is 0.305 e. The second-order valence-electron chi connectivity index (χ2n) is 3.81. The van der Waals surface area contributed by atoms with Crippen LogP contribution >= 0.6 is 11.3 Å². The van der Waals surface area contributed by atoms with Gasteiger partial charge in [-0.3, -0.25) is 0 Å². The first kappa shape index (κ1) is 12.5. The average Bonchev–Trinajstić information content (AvgIpc) is 2.75. The molecule has 0 radical (unpaired) electrons. The fourth-order valence-electron chi connectivity index (χ4n) is 1.73. The van der Waals surface area contributed by atoms with Crippen molar-refractivity contribution < 1.29 is 9.92 Å². The lowest BCUT2D eigenvalue weighted by molar-refractivity contribution is -0.770. The van der Waals surface area contributed by atoms with Crippen molar-refractivity contribution in [2.24, 2.45) is 0 Å². The van der Waals surface area contributed by atoms with Crippen molar-refractivity contribution in [2.75, 3.05) is 0 Å². The van der Waals surface area contributed by atoms with E-state index < -0.39 is 11.2 Å². The van der Waals surface area contributed by atoms with Crippen LogP contribution < -0.4 is 0 Å². The summed E-state index contributed by atoms with van der Waals surface area (Å²) in [7, 11) is 0. The minimum absolute atomic E-state index is 0.463. The lowest BCUT2D eigenvalue weighted by Gasteiger charge is -2.13. The molecule has 0 amide bonds.